The molecule has 4 rings (SSSR count). The van der Waals surface area contributed by atoms with Crippen LogP contribution in [-0.4, -0.2) is 197 Å². The summed E-state index contributed by atoms with van der Waals surface area (Å²) in [5.74, 6) is -5.10. The Kier molecular flexibility index (Phi) is 28.6. The van der Waals surface area contributed by atoms with Gasteiger partial charge in [-0.15, -0.1) is 0 Å². The van der Waals surface area contributed by atoms with Crippen LogP contribution in [0.15, 0.2) is 121 Å². The minimum absolute atomic E-state index is 0.00940. The van der Waals surface area contributed by atoms with E-state index in [9.17, 15) is 43.2 Å². The molecule has 0 heterocycles. The minimum atomic E-state index is -0.740. The van der Waals surface area contributed by atoms with E-state index in [0.717, 1.165) is 11.1 Å². The first-order chi connectivity index (χ1) is 38.5. The molecule has 0 aliphatic rings. The number of carbonyl (C=O) groups excluding carboxylic acids is 9. The molecule has 22 heteroatoms. The highest BCUT2D eigenvalue weighted by Gasteiger charge is 2.31. The van der Waals surface area contributed by atoms with Gasteiger partial charge in [0, 0.05) is 59.3 Å². The van der Waals surface area contributed by atoms with Crippen molar-refractivity contribution >= 4 is 53.2 Å². The molecule has 22 nitrogen and oxygen atoms in total. The SMILES string of the molecule is CC(=O)N(CCCN)CC(=O)N(CC(=O)N(CCCN)CC(=O)N(CC(=O)N(CCCN)CC(=O)N(CC(=O)N(CCCN)CC(=O)N(CC(N)=O)Cc1ccccc1)Cc1ccccc1)Cc1ccccc1)Cc1ccccc1. The zero-order valence-electron chi connectivity index (χ0n) is 46.2. The van der Waals surface area contributed by atoms with E-state index in [1.807, 2.05) is 24.3 Å². The van der Waals surface area contributed by atoms with Gasteiger partial charge in [0.15, 0.2) is 0 Å². The van der Waals surface area contributed by atoms with Crippen LogP contribution in [0.25, 0.3) is 0 Å². The first-order valence-corrected chi connectivity index (χ1v) is 27.0. The van der Waals surface area contributed by atoms with Gasteiger partial charge >= 0.3 is 0 Å². The van der Waals surface area contributed by atoms with Crippen molar-refractivity contribution in [3.63, 3.8) is 0 Å². The van der Waals surface area contributed by atoms with Crippen molar-refractivity contribution in [2.45, 2.75) is 58.8 Å². The molecule has 0 bridgehead atoms. The molecule has 432 valence electrons. The van der Waals surface area contributed by atoms with E-state index in [2.05, 4.69) is 0 Å². The lowest BCUT2D eigenvalue weighted by Gasteiger charge is -2.33. The van der Waals surface area contributed by atoms with Gasteiger partial charge in [-0.05, 0) is 74.1 Å². The van der Waals surface area contributed by atoms with Crippen LogP contribution in [0.4, 0.5) is 0 Å². The molecule has 0 fully saturated rings. The van der Waals surface area contributed by atoms with E-state index in [-0.39, 0.29) is 90.9 Å². The Morgan fingerprint density at radius 3 is 0.725 bits per heavy atom. The molecule has 0 spiro atoms. The van der Waals surface area contributed by atoms with Gasteiger partial charge in [-0.1, -0.05) is 121 Å². The molecule has 0 aliphatic carbocycles. The summed E-state index contributed by atoms with van der Waals surface area (Å²) in [7, 11) is 0. The van der Waals surface area contributed by atoms with E-state index >= 15 is 0 Å². The second-order valence-electron chi connectivity index (χ2n) is 19.4. The molecule has 9 amide bonds. The average Bonchev–Trinajstić information content (AvgIpc) is 3.45. The molecule has 0 atom stereocenters. The van der Waals surface area contributed by atoms with E-state index < -0.39 is 93.1 Å². The summed E-state index contributed by atoms with van der Waals surface area (Å²) in [6.45, 7) is -1.07. The Bertz CT molecular complexity index is 2580. The fourth-order valence-electron chi connectivity index (χ4n) is 8.53. The molecule has 0 unspecified atom stereocenters. The summed E-state index contributed by atoms with van der Waals surface area (Å²) < 4.78 is 0. The lowest BCUT2D eigenvalue weighted by atomic mass is 10.2. The Hall–Kier alpha value is -8.05. The van der Waals surface area contributed by atoms with Gasteiger partial charge in [-0.25, -0.2) is 0 Å². The first kappa shape index (κ1) is 64.5. The summed E-state index contributed by atoms with van der Waals surface area (Å²) in [6, 6.07) is 35.9. The second kappa shape index (κ2) is 35.5. The normalized spacial score (nSPS) is 10.8. The van der Waals surface area contributed by atoms with Crippen LogP contribution >= 0.6 is 0 Å². The van der Waals surface area contributed by atoms with Crippen molar-refractivity contribution < 1.29 is 43.2 Å². The molecule has 0 saturated carbocycles. The van der Waals surface area contributed by atoms with Crippen molar-refractivity contribution in [1.82, 2.24) is 39.2 Å². The van der Waals surface area contributed by atoms with Crippen LogP contribution in [-0.2, 0) is 69.3 Å². The molecule has 80 heavy (non-hydrogen) atoms. The topological polar surface area (TPSA) is 310 Å². The van der Waals surface area contributed by atoms with Gasteiger partial charge in [0.1, 0.15) is 19.6 Å². The molecule has 4 aromatic carbocycles. The number of benzene rings is 4. The van der Waals surface area contributed by atoms with E-state index in [1.54, 1.807) is 97.1 Å². The van der Waals surface area contributed by atoms with Crippen molar-refractivity contribution in [2.24, 2.45) is 28.7 Å². The van der Waals surface area contributed by atoms with E-state index in [4.69, 9.17) is 28.7 Å². The quantitative estimate of drug-likeness (QED) is 0.0411. The van der Waals surface area contributed by atoms with Gasteiger partial charge in [-0.2, -0.15) is 0 Å². The van der Waals surface area contributed by atoms with Gasteiger partial charge in [0.25, 0.3) is 0 Å². The predicted molar refractivity (Wildman–Crippen MR) is 303 cm³/mol. The second-order valence-corrected chi connectivity index (χ2v) is 19.4. The molecule has 0 aromatic heterocycles. The van der Waals surface area contributed by atoms with Gasteiger partial charge in [0.2, 0.25) is 53.2 Å². The number of rotatable bonds is 36. The fourth-order valence-corrected chi connectivity index (χ4v) is 8.53. The first-order valence-electron chi connectivity index (χ1n) is 27.0. The van der Waals surface area contributed by atoms with E-state index in [0.29, 0.717) is 36.9 Å². The monoisotopic (exact) mass is 1100 g/mol. The van der Waals surface area contributed by atoms with Gasteiger partial charge < -0.3 is 67.9 Å². The third kappa shape index (κ3) is 23.1. The Morgan fingerprint density at radius 2 is 0.500 bits per heavy atom. The summed E-state index contributed by atoms with van der Waals surface area (Å²) in [4.78, 5) is 136. The largest absolute Gasteiger partial charge is 0.368 e. The molecule has 4 aromatic rings. The molecular formula is C58H81N13O9. The lowest BCUT2D eigenvalue weighted by Crippen LogP contribution is -2.52. The maximum absolute atomic E-state index is 14.7. The minimum Gasteiger partial charge on any atom is -0.368 e. The maximum Gasteiger partial charge on any atom is 0.242 e. The van der Waals surface area contributed by atoms with Crippen LogP contribution in [0, 0.1) is 0 Å². The summed E-state index contributed by atoms with van der Waals surface area (Å²) in [5.41, 5.74) is 31.8. The Labute approximate surface area is 469 Å². The van der Waals surface area contributed by atoms with Crippen LogP contribution < -0.4 is 28.7 Å². The van der Waals surface area contributed by atoms with Crippen molar-refractivity contribution in [3.05, 3.63) is 144 Å². The van der Waals surface area contributed by atoms with Crippen LogP contribution in [0.1, 0.15) is 54.9 Å². The Morgan fingerprint density at radius 1 is 0.300 bits per heavy atom. The molecule has 0 radical (unpaired) electrons. The molecular weight excluding hydrogens is 1020 g/mol. The number of primary amides is 1. The van der Waals surface area contributed by atoms with Crippen LogP contribution in [0.5, 0.6) is 0 Å². The number of hydrogen-bond acceptors (Lipinski definition) is 13. The van der Waals surface area contributed by atoms with E-state index in [1.165, 1.54) is 46.1 Å². The molecule has 10 N–H and O–H groups in total. The standard InChI is InChI=1S/C58H81N13O9/c1-46(72)64(30-14-26-59)39-55(77)69(35-48-20-8-3-9-21-48)43-52(74)66(32-16-28-61)41-57(79)71(37-50-24-12-5-13-25-50)45-54(76)67(33-17-29-62)42-58(80)70(36-49-22-10-4-11-23-49)44-53(75)65(31-15-27-60)40-56(78)68(38-51(63)73)34-47-18-6-2-7-19-47/h2-13,18-25H,14-17,26-45,59-62H2,1H3,(H2,63,73). The van der Waals surface area contributed by atoms with Crippen LogP contribution in [0.2, 0.25) is 0 Å². The highest BCUT2D eigenvalue weighted by Crippen LogP contribution is 2.14. The number of carbonyl (C=O) groups is 9. The summed E-state index contributed by atoms with van der Waals surface area (Å²) in [5, 5.41) is 0. The van der Waals surface area contributed by atoms with Crippen LogP contribution in [0.3, 0.4) is 0 Å². The van der Waals surface area contributed by atoms with Gasteiger partial charge in [0.05, 0.1) is 32.7 Å². The van der Waals surface area contributed by atoms with Crippen molar-refractivity contribution in [3.8, 4) is 0 Å². The fraction of sp³-hybridized carbons (Fsp3) is 0.431. The molecule has 0 saturated heterocycles. The third-order valence-electron chi connectivity index (χ3n) is 12.9. The van der Waals surface area contributed by atoms with Gasteiger partial charge in [-0.3, -0.25) is 43.2 Å². The third-order valence-corrected chi connectivity index (χ3v) is 12.9. The summed E-state index contributed by atoms with van der Waals surface area (Å²) in [6.07, 6.45) is 1.37. The zero-order valence-corrected chi connectivity index (χ0v) is 46.2. The number of amides is 9. The maximum atomic E-state index is 14.7. The number of nitrogens with two attached hydrogens (primary N) is 5. The average molecular weight is 1100 g/mol. The number of hydrogen-bond donors (Lipinski definition) is 5. The smallest absolute Gasteiger partial charge is 0.242 e. The number of nitrogens with zero attached hydrogens (tertiary/aromatic N) is 8. The zero-order chi connectivity index (χ0) is 58.2. The lowest BCUT2D eigenvalue weighted by molar-refractivity contribution is -0.149. The molecule has 0 aliphatic heterocycles. The summed E-state index contributed by atoms with van der Waals surface area (Å²) >= 11 is 0. The van der Waals surface area contributed by atoms with Crippen molar-refractivity contribution in [1.29, 1.82) is 0 Å². The Balaban J connectivity index is 1.62. The highest BCUT2D eigenvalue weighted by molar-refractivity contribution is 5.93. The highest BCUT2D eigenvalue weighted by atomic mass is 16.2. The van der Waals surface area contributed by atoms with Crippen molar-refractivity contribution in [2.75, 3.05) is 105 Å². The predicted octanol–water partition coefficient (Wildman–Crippen LogP) is 0.316.